The molecule has 2 aliphatic rings. The zero-order valence-corrected chi connectivity index (χ0v) is 19.8. The molecule has 0 atom stereocenters. The predicted octanol–water partition coefficient (Wildman–Crippen LogP) is 2.10. The number of carbonyl (C=O) groups is 1. The Morgan fingerprint density at radius 3 is 2.06 bits per heavy atom. The number of nitrogens with one attached hydrogen (secondary N) is 1. The number of benzene rings is 2. The van der Waals surface area contributed by atoms with Gasteiger partial charge in [-0.1, -0.05) is 30.3 Å². The van der Waals surface area contributed by atoms with E-state index in [0.29, 0.717) is 12.0 Å². The van der Waals surface area contributed by atoms with Crippen LogP contribution in [-0.2, 0) is 19.7 Å². The SMILES string of the molecule is CONC(=O)C1=CCN(S(=O)(=O)c2ccc(-c3ccc(N4CCN(C)CC4)cc3)cc2)CC1. The Balaban J connectivity index is 1.43. The molecule has 9 heteroatoms. The summed E-state index contributed by atoms with van der Waals surface area (Å²) >= 11 is 0. The number of anilines is 1. The molecule has 2 aliphatic heterocycles. The van der Waals surface area contributed by atoms with Crippen molar-refractivity contribution in [1.82, 2.24) is 14.7 Å². The zero-order chi connectivity index (χ0) is 23.4. The van der Waals surface area contributed by atoms with Gasteiger partial charge < -0.3 is 9.80 Å². The maximum Gasteiger partial charge on any atom is 0.270 e. The van der Waals surface area contributed by atoms with E-state index in [0.717, 1.165) is 37.3 Å². The first-order chi connectivity index (χ1) is 15.9. The van der Waals surface area contributed by atoms with Crippen LogP contribution in [0.15, 0.2) is 65.1 Å². The molecule has 0 radical (unpaired) electrons. The van der Waals surface area contributed by atoms with Crippen LogP contribution < -0.4 is 10.4 Å². The maximum absolute atomic E-state index is 13.0. The molecule has 176 valence electrons. The van der Waals surface area contributed by atoms with Crippen molar-refractivity contribution >= 4 is 21.6 Å². The molecule has 4 rings (SSSR count). The normalized spacial score (nSPS) is 18.1. The van der Waals surface area contributed by atoms with Gasteiger partial charge in [-0.2, -0.15) is 4.31 Å². The van der Waals surface area contributed by atoms with Crippen LogP contribution in [0.3, 0.4) is 0 Å². The number of carbonyl (C=O) groups excluding carboxylic acids is 1. The van der Waals surface area contributed by atoms with Crippen molar-refractivity contribution in [3.63, 3.8) is 0 Å². The molecule has 2 aromatic rings. The van der Waals surface area contributed by atoms with E-state index in [4.69, 9.17) is 0 Å². The molecule has 0 unspecified atom stereocenters. The third kappa shape index (κ3) is 5.27. The lowest BCUT2D eigenvalue weighted by molar-refractivity contribution is -0.127. The molecule has 1 fully saturated rings. The molecular weight excluding hydrogens is 440 g/mol. The number of amides is 1. The number of hydrogen-bond acceptors (Lipinski definition) is 6. The van der Waals surface area contributed by atoms with Gasteiger partial charge in [0.25, 0.3) is 5.91 Å². The summed E-state index contributed by atoms with van der Waals surface area (Å²) in [6.45, 7) is 4.57. The average Bonchev–Trinajstić information content (AvgIpc) is 2.85. The van der Waals surface area contributed by atoms with E-state index in [1.807, 2.05) is 12.1 Å². The van der Waals surface area contributed by atoms with Crippen LogP contribution in [0.4, 0.5) is 5.69 Å². The topological polar surface area (TPSA) is 82.2 Å². The van der Waals surface area contributed by atoms with Gasteiger partial charge in [-0.3, -0.25) is 9.63 Å². The standard InChI is InChI=1S/C24H30N4O4S/c1-26-15-17-27(18-16-26)22-7-3-19(4-8-22)20-5-9-23(10-6-20)33(30,31)28-13-11-21(12-14-28)24(29)25-32-2/h3-11H,12-18H2,1-2H3,(H,25,29). The molecule has 1 N–H and O–H groups in total. The number of nitrogens with zero attached hydrogens (tertiary/aromatic N) is 3. The first-order valence-corrected chi connectivity index (χ1v) is 12.5. The van der Waals surface area contributed by atoms with Crippen LogP contribution in [0, 0.1) is 0 Å². The zero-order valence-electron chi connectivity index (χ0n) is 19.0. The molecule has 1 saturated heterocycles. The van der Waals surface area contributed by atoms with Gasteiger partial charge in [0, 0.05) is 50.5 Å². The van der Waals surface area contributed by atoms with E-state index in [1.54, 1.807) is 18.2 Å². The number of hydrogen-bond donors (Lipinski definition) is 1. The smallest absolute Gasteiger partial charge is 0.270 e. The van der Waals surface area contributed by atoms with E-state index in [1.165, 1.54) is 17.1 Å². The highest BCUT2D eigenvalue weighted by Gasteiger charge is 2.27. The second kappa shape index (κ2) is 10.0. The molecule has 8 nitrogen and oxygen atoms in total. The van der Waals surface area contributed by atoms with Crippen LogP contribution in [0.1, 0.15) is 6.42 Å². The number of likely N-dealkylation sites (N-methyl/N-ethyl adjacent to an activating group) is 1. The van der Waals surface area contributed by atoms with Crippen molar-refractivity contribution in [1.29, 1.82) is 0 Å². The molecule has 0 aromatic heterocycles. The van der Waals surface area contributed by atoms with E-state index in [-0.39, 0.29) is 23.9 Å². The quantitative estimate of drug-likeness (QED) is 0.652. The summed E-state index contributed by atoms with van der Waals surface area (Å²) in [4.78, 5) is 21.4. The van der Waals surface area contributed by atoms with Gasteiger partial charge in [0.2, 0.25) is 10.0 Å². The van der Waals surface area contributed by atoms with Crippen molar-refractivity contribution in [2.24, 2.45) is 0 Å². The monoisotopic (exact) mass is 470 g/mol. The Morgan fingerprint density at radius 2 is 1.52 bits per heavy atom. The lowest BCUT2D eigenvalue weighted by atomic mass is 10.1. The van der Waals surface area contributed by atoms with E-state index in [2.05, 4.69) is 51.4 Å². The summed E-state index contributed by atoms with van der Waals surface area (Å²) in [5.74, 6) is -0.336. The Bertz CT molecular complexity index is 1110. The Kier molecular flexibility index (Phi) is 7.14. The van der Waals surface area contributed by atoms with E-state index >= 15 is 0 Å². The summed E-state index contributed by atoms with van der Waals surface area (Å²) in [7, 11) is -0.124. The third-order valence-corrected chi connectivity index (χ3v) is 8.10. The van der Waals surface area contributed by atoms with Crippen molar-refractivity contribution in [3.05, 3.63) is 60.2 Å². The van der Waals surface area contributed by atoms with Crippen LogP contribution in [-0.4, -0.2) is 77.0 Å². The third-order valence-electron chi connectivity index (χ3n) is 6.22. The summed E-state index contributed by atoms with van der Waals surface area (Å²) in [6.07, 6.45) is 1.97. The summed E-state index contributed by atoms with van der Waals surface area (Å²) in [5, 5.41) is 0. The summed E-state index contributed by atoms with van der Waals surface area (Å²) in [5.41, 5.74) is 6.02. The fourth-order valence-corrected chi connectivity index (χ4v) is 5.51. The second-order valence-corrected chi connectivity index (χ2v) is 10.3. The second-order valence-electron chi connectivity index (χ2n) is 8.34. The molecule has 0 aliphatic carbocycles. The first kappa shape index (κ1) is 23.4. The fraction of sp³-hybridized carbons (Fsp3) is 0.375. The van der Waals surface area contributed by atoms with Gasteiger partial charge >= 0.3 is 0 Å². The molecule has 0 bridgehead atoms. The maximum atomic E-state index is 13.0. The molecular formula is C24H30N4O4S. The van der Waals surface area contributed by atoms with Crippen LogP contribution in [0.25, 0.3) is 11.1 Å². The number of sulfonamides is 1. The van der Waals surface area contributed by atoms with Gasteiger partial charge in [0.1, 0.15) is 0 Å². The largest absolute Gasteiger partial charge is 0.369 e. The van der Waals surface area contributed by atoms with Gasteiger partial charge in [-0.05, 0) is 48.9 Å². The lowest BCUT2D eigenvalue weighted by Crippen LogP contribution is -2.44. The average molecular weight is 471 g/mol. The Hall–Kier alpha value is -2.72. The van der Waals surface area contributed by atoms with Gasteiger partial charge in [0.15, 0.2) is 0 Å². The number of piperazine rings is 1. The van der Waals surface area contributed by atoms with Crippen LogP contribution in [0.5, 0.6) is 0 Å². The lowest BCUT2D eigenvalue weighted by Gasteiger charge is -2.34. The first-order valence-electron chi connectivity index (χ1n) is 11.0. The molecule has 1 amide bonds. The summed E-state index contributed by atoms with van der Waals surface area (Å²) < 4.78 is 27.5. The highest BCUT2D eigenvalue weighted by atomic mass is 32.2. The summed E-state index contributed by atoms with van der Waals surface area (Å²) in [6, 6.07) is 15.4. The van der Waals surface area contributed by atoms with E-state index < -0.39 is 10.0 Å². The molecule has 0 saturated carbocycles. The Morgan fingerprint density at radius 1 is 0.909 bits per heavy atom. The minimum atomic E-state index is -3.63. The molecule has 2 heterocycles. The van der Waals surface area contributed by atoms with Gasteiger partial charge in [0.05, 0.1) is 12.0 Å². The molecule has 2 aromatic carbocycles. The van der Waals surface area contributed by atoms with E-state index in [9.17, 15) is 13.2 Å². The van der Waals surface area contributed by atoms with Crippen molar-refractivity contribution < 1.29 is 18.0 Å². The van der Waals surface area contributed by atoms with Crippen LogP contribution >= 0.6 is 0 Å². The van der Waals surface area contributed by atoms with Gasteiger partial charge in [-0.15, -0.1) is 0 Å². The van der Waals surface area contributed by atoms with Crippen molar-refractivity contribution in [3.8, 4) is 11.1 Å². The fourth-order valence-electron chi connectivity index (χ4n) is 4.13. The van der Waals surface area contributed by atoms with Crippen LogP contribution in [0.2, 0.25) is 0 Å². The van der Waals surface area contributed by atoms with Gasteiger partial charge in [-0.25, -0.2) is 13.9 Å². The number of hydroxylamine groups is 1. The minimum absolute atomic E-state index is 0.157. The molecule has 33 heavy (non-hydrogen) atoms. The Labute approximate surface area is 195 Å². The van der Waals surface area contributed by atoms with Crippen molar-refractivity contribution in [2.75, 3.05) is 58.3 Å². The minimum Gasteiger partial charge on any atom is -0.369 e. The van der Waals surface area contributed by atoms with Crippen molar-refractivity contribution in [2.45, 2.75) is 11.3 Å². The highest BCUT2D eigenvalue weighted by Crippen LogP contribution is 2.27. The molecule has 0 spiro atoms. The number of rotatable bonds is 6. The predicted molar refractivity (Wildman–Crippen MR) is 128 cm³/mol. The highest BCUT2D eigenvalue weighted by molar-refractivity contribution is 7.89.